The van der Waals surface area contributed by atoms with Crippen LogP contribution < -0.4 is 4.90 Å². The zero-order valence-corrected chi connectivity index (χ0v) is 15.2. The molecule has 128 valence electrons. The largest absolute Gasteiger partial charge is 0.353 e. The molecule has 1 fully saturated rings. The Bertz CT molecular complexity index is 746. The van der Waals surface area contributed by atoms with Gasteiger partial charge in [0, 0.05) is 50.7 Å². The van der Waals surface area contributed by atoms with Crippen LogP contribution in [0.1, 0.15) is 23.0 Å². The van der Waals surface area contributed by atoms with Gasteiger partial charge in [-0.15, -0.1) is 0 Å². The summed E-state index contributed by atoms with van der Waals surface area (Å²) in [5.74, 6) is 0.978. The van der Waals surface area contributed by atoms with Gasteiger partial charge in [-0.2, -0.15) is 5.10 Å². The van der Waals surface area contributed by atoms with E-state index >= 15 is 0 Å². The van der Waals surface area contributed by atoms with Crippen molar-refractivity contribution in [3.05, 3.63) is 29.7 Å². The monoisotopic (exact) mass is 346 g/mol. The molecule has 1 amide bonds. The summed E-state index contributed by atoms with van der Waals surface area (Å²) in [6.45, 7) is 6.25. The molecule has 0 N–H and O–H groups in total. The van der Waals surface area contributed by atoms with Crippen molar-refractivity contribution in [2.75, 3.05) is 30.8 Å². The lowest BCUT2D eigenvalue weighted by Gasteiger charge is -2.40. The highest BCUT2D eigenvalue weighted by Crippen LogP contribution is 2.21. The number of anilines is 1. The highest BCUT2D eigenvalue weighted by molar-refractivity contribution is 7.98. The van der Waals surface area contributed by atoms with E-state index in [9.17, 15) is 4.79 Å². The average molecular weight is 346 g/mol. The highest BCUT2D eigenvalue weighted by atomic mass is 32.2. The van der Waals surface area contributed by atoms with Gasteiger partial charge in [-0.25, -0.2) is 9.97 Å². The molecule has 0 spiro atoms. The van der Waals surface area contributed by atoms with Gasteiger partial charge in [0.25, 0.3) is 5.91 Å². The van der Waals surface area contributed by atoms with Gasteiger partial charge in [-0.05, 0) is 20.1 Å². The van der Waals surface area contributed by atoms with Crippen LogP contribution in [-0.4, -0.2) is 62.5 Å². The summed E-state index contributed by atoms with van der Waals surface area (Å²) in [5.41, 5.74) is 1.60. The second-order valence-corrected chi connectivity index (χ2v) is 6.82. The van der Waals surface area contributed by atoms with Gasteiger partial charge in [0.1, 0.15) is 5.82 Å². The van der Waals surface area contributed by atoms with Gasteiger partial charge in [-0.1, -0.05) is 11.8 Å². The fraction of sp³-hybridized carbons (Fsp3) is 0.500. The Morgan fingerprint density at radius 2 is 2.12 bits per heavy atom. The van der Waals surface area contributed by atoms with Gasteiger partial charge in [0.15, 0.2) is 5.16 Å². The highest BCUT2D eigenvalue weighted by Gasteiger charge is 2.29. The maximum absolute atomic E-state index is 12.6. The average Bonchev–Trinajstić information content (AvgIpc) is 3.00. The molecule has 0 aromatic carbocycles. The van der Waals surface area contributed by atoms with E-state index in [-0.39, 0.29) is 11.9 Å². The van der Waals surface area contributed by atoms with E-state index in [1.54, 1.807) is 28.8 Å². The third-order valence-corrected chi connectivity index (χ3v) is 4.71. The van der Waals surface area contributed by atoms with Crippen molar-refractivity contribution in [1.29, 1.82) is 0 Å². The zero-order chi connectivity index (χ0) is 17.3. The Morgan fingerprint density at radius 3 is 2.75 bits per heavy atom. The van der Waals surface area contributed by atoms with Crippen LogP contribution in [0.4, 0.5) is 5.82 Å². The van der Waals surface area contributed by atoms with Crippen LogP contribution >= 0.6 is 11.8 Å². The molecule has 0 bridgehead atoms. The molecule has 2 aromatic heterocycles. The lowest BCUT2D eigenvalue weighted by atomic mass is 10.1. The van der Waals surface area contributed by atoms with Crippen molar-refractivity contribution in [3.8, 4) is 0 Å². The molecule has 1 saturated heterocycles. The first-order valence-corrected chi connectivity index (χ1v) is 9.14. The van der Waals surface area contributed by atoms with Crippen molar-refractivity contribution in [3.63, 3.8) is 0 Å². The van der Waals surface area contributed by atoms with E-state index in [2.05, 4.69) is 26.9 Å². The van der Waals surface area contributed by atoms with Gasteiger partial charge in [-0.3, -0.25) is 9.48 Å². The number of carbonyl (C=O) groups is 1. The topological polar surface area (TPSA) is 67.2 Å². The molecule has 0 radical (unpaired) electrons. The SMILES string of the molecule is CSc1nc(C)cc(N2CCN(C(=O)c3cnn(C)c3)C(C)C2)n1. The van der Waals surface area contributed by atoms with E-state index in [0.29, 0.717) is 12.1 Å². The molecule has 1 aliphatic heterocycles. The molecule has 3 heterocycles. The van der Waals surface area contributed by atoms with Crippen LogP contribution in [0.5, 0.6) is 0 Å². The summed E-state index contributed by atoms with van der Waals surface area (Å²) < 4.78 is 1.65. The summed E-state index contributed by atoms with van der Waals surface area (Å²) >= 11 is 1.54. The molecule has 7 nitrogen and oxygen atoms in total. The molecule has 2 aromatic rings. The Labute approximate surface area is 146 Å². The zero-order valence-electron chi connectivity index (χ0n) is 14.4. The van der Waals surface area contributed by atoms with Gasteiger partial charge in [0.2, 0.25) is 0 Å². The number of hydrogen-bond donors (Lipinski definition) is 0. The van der Waals surface area contributed by atoms with Crippen LogP contribution in [0.15, 0.2) is 23.6 Å². The fourth-order valence-electron chi connectivity index (χ4n) is 2.94. The number of hydrogen-bond acceptors (Lipinski definition) is 6. The molecule has 1 unspecified atom stereocenters. The predicted octanol–water partition coefficient (Wildman–Crippen LogP) is 1.59. The quantitative estimate of drug-likeness (QED) is 0.621. The lowest BCUT2D eigenvalue weighted by molar-refractivity contribution is 0.0673. The van der Waals surface area contributed by atoms with Crippen LogP contribution in [0.3, 0.4) is 0 Å². The van der Waals surface area contributed by atoms with E-state index in [4.69, 9.17) is 0 Å². The van der Waals surface area contributed by atoms with Crippen molar-refractivity contribution in [2.45, 2.75) is 25.0 Å². The molecule has 24 heavy (non-hydrogen) atoms. The maximum Gasteiger partial charge on any atom is 0.257 e. The summed E-state index contributed by atoms with van der Waals surface area (Å²) in [4.78, 5) is 25.8. The number of thioether (sulfide) groups is 1. The van der Waals surface area contributed by atoms with Crippen LogP contribution in [0, 0.1) is 6.92 Å². The molecule has 1 aliphatic rings. The fourth-order valence-corrected chi connectivity index (χ4v) is 3.36. The molecular weight excluding hydrogens is 324 g/mol. The molecule has 1 atom stereocenters. The minimum Gasteiger partial charge on any atom is -0.353 e. The number of aromatic nitrogens is 4. The Balaban J connectivity index is 1.73. The predicted molar refractivity (Wildman–Crippen MR) is 94.5 cm³/mol. The van der Waals surface area contributed by atoms with Crippen molar-refractivity contribution in [2.24, 2.45) is 7.05 Å². The number of piperazine rings is 1. The number of nitrogens with zero attached hydrogens (tertiary/aromatic N) is 6. The first-order chi connectivity index (χ1) is 11.5. The first-order valence-electron chi connectivity index (χ1n) is 7.92. The first kappa shape index (κ1) is 16.8. The maximum atomic E-state index is 12.6. The third kappa shape index (κ3) is 3.38. The molecule has 0 aliphatic carbocycles. The smallest absolute Gasteiger partial charge is 0.257 e. The van der Waals surface area contributed by atoms with E-state index in [0.717, 1.165) is 29.8 Å². The number of aryl methyl sites for hydroxylation is 2. The number of amides is 1. The van der Waals surface area contributed by atoms with Crippen molar-refractivity contribution in [1.82, 2.24) is 24.6 Å². The van der Waals surface area contributed by atoms with Gasteiger partial charge in [0.05, 0.1) is 11.8 Å². The number of carbonyl (C=O) groups excluding carboxylic acids is 1. The van der Waals surface area contributed by atoms with Crippen LogP contribution in [0.25, 0.3) is 0 Å². The normalized spacial score (nSPS) is 18.1. The minimum atomic E-state index is 0.0407. The second-order valence-electron chi connectivity index (χ2n) is 6.05. The van der Waals surface area contributed by atoms with Crippen LogP contribution in [0.2, 0.25) is 0 Å². The summed E-state index contributed by atoms with van der Waals surface area (Å²) in [6.07, 6.45) is 5.37. The Hall–Kier alpha value is -2.09. The molecule has 8 heteroatoms. The van der Waals surface area contributed by atoms with E-state index in [1.165, 1.54) is 0 Å². The standard InChI is InChI=1S/C16H22N6OS/c1-11-7-14(19-16(18-11)24-4)21-5-6-22(12(2)9-21)15(23)13-8-17-20(3)10-13/h7-8,10,12H,5-6,9H2,1-4H3. The van der Waals surface area contributed by atoms with Crippen molar-refractivity contribution < 1.29 is 4.79 Å². The van der Waals surface area contributed by atoms with Crippen LogP contribution in [-0.2, 0) is 7.05 Å². The summed E-state index contributed by atoms with van der Waals surface area (Å²) in [7, 11) is 1.82. The third-order valence-electron chi connectivity index (χ3n) is 4.17. The van der Waals surface area contributed by atoms with Gasteiger partial charge >= 0.3 is 0 Å². The lowest BCUT2D eigenvalue weighted by Crippen LogP contribution is -2.54. The Morgan fingerprint density at radius 1 is 1.33 bits per heavy atom. The Kier molecular flexibility index (Phi) is 4.75. The summed E-state index contributed by atoms with van der Waals surface area (Å²) in [6, 6.07) is 2.12. The number of rotatable bonds is 3. The minimum absolute atomic E-state index is 0.0407. The van der Waals surface area contributed by atoms with Gasteiger partial charge < -0.3 is 9.80 Å². The summed E-state index contributed by atoms with van der Waals surface area (Å²) in [5, 5.41) is 4.87. The van der Waals surface area contributed by atoms with Crippen molar-refractivity contribution >= 4 is 23.5 Å². The molecular formula is C16H22N6OS. The van der Waals surface area contributed by atoms with E-state index in [1.807, 2.05) is 31.2 Å². The molecule has 3 rings (SSSR count). The molecule has 0 saturated carbocycles. The van der Waals surface area contributed by atoms with E-state index < -0.39 is 0 Å². The second kappa shape index (κ2) is 6.80.